The van der Waals surface area contributed by atoms with Crippen LogP contribution in [0, 0.1) is 0 Å². The maximum absolute atomic E-state index is 3.58. The Morgan fingerprint density at radius 1 is 1.29 bits per heavy atom. The average Bonchev–Trinajstić information content (AvgIpc) is 3.14. The van der Waals surface area contributed by atoms with E-state index in [1.54, 1.807) is 0 Å². The molecule has 0 aromatic heterocycles. The Morgan fingerprint density at radius 3 is 2.65 bits per heavy atom. The molecule has 1 aromatic carbocycles. The van der Waals surface area contributed by atoms with Crippen LogP contribution in [0.3, 0.4) is 0 Å². The number of hydrogen-bond acceptors (Lipinski definition) is 2. The quantitative estimate of drug-likeness (QED) is 0.777. The molecule has 17 heavy (non-hydrogen) atoms. The van der Waals surface area contributed by atoms with E-state index in [1.165, 1.54) is 24.8 Å². The minimum Gasteiger partial charge on any atom is -0.314 e. The smallest absolute Gasteiger partial charge is 0.0233 e. The Bertz CT molecular complexity index is 319. The number of nitrogens with zero attached hydrogens (tertiary/aromatic N) is 1. The summed E-state index contributed by atoms with van der Waals surface area (Å²) in [5.41, 5.74) is 1.40. The van der Waals surface area contributed by atoms with Crippen LogP contribution in [0.15, 0.2) is 30.3 Å². The molecule has 1 aliphatic rings. The molecule has 1 N–H and O–H groups in total. The first kappa shape index (κ1) is 12.6. The molecule has 2 rings (SSSR count). The van der Waals surface area contributed by atoms with Gasteiger partial charge in [-0.1, -0.05) is 30.3 Å². The van der Waals surface area contributed by atoms with E-state index in [0.717, 1.165) is 19.1 Å². The van der Waals surface area contributed by atoms with E-state index in [0.29, 0.717) is 6.04 Å². The van der Waals surface area contributed by atoms with E-state index in [-0.39, 0.29) is 0 Å². The number of benzene rings is 1. The van der Waals surface area contributed by atoms with Gasteiger partial charge in [-0.15, -0.1) is 0 Å². The average molecular weight is 232 g/mol. The van der Waals surface area contributed by atoms with Gasteiger partial charge in [0, 0.05) is 18.6 Å². The van der Waals surface area contributed by atoms with Crippen molar-refractivity contribution in [1.82, 2.24) is 10.2 Å². The number of rotatable bonds is 7. The minimum atomic E-state index is 0.640. The second-order valence-electron chi connectivity index (χ2n) is 5.27. The molecule has 2 heteroatoms. The maximum Gasteiger partial charge on any atom is 0.0233 e. The third-order valence-corrected chi connectivity index (χ3v) is 3.60. The zero-order valence-electron chi connectivity index (χ0n) is 11.0. The third kappa shape index (κ3) is 4.49. The lowest BCUT2D eigenvalue weighted by Gasteiger charge is -2.25. The summed E-state index contributed by atoms with van der Waals surface area (Å²) in [6, 6.07) is 12.2. The fraction of sp³-hybridized carbons (Fsp3) is 0.600. The van der Waals surface area contributed by atoms with E-state index in [2.05, 4.69) is 54.5 Å². The molecule has 1 unspecified atom stereocenters. The van der Waals surface area contributed by atoms with E-state index in [1.807, 2.05) is 0 Å². The highest BCUT2D eigenvalue weighted by Gasteiger charge is 2.20. The number of hydrogen-bond donors (Lipinski definition) is 1. The van der Waals surface area contributed by atoms with Crippen LogP contribution in [0.4, 0.5) is 0 Å². The Balaban J connectivity index is 1.68. The van der Waals surface area contributed by atoms with Gasteiger partial charge < -0.3 is 5.32 Å². The summed E-state index contributed by atoms with van der Waals surface area (Å²) in [5.74, 6) is 0. The second kappa shape index (κ2) is 6.18. The van der Waals surface area contributed by atoms with Crippen molar-refractivity contribution < 1.29 is 0 Å². The zero-order chi connectivity index (χ0) is 12.1. The van der Waals surface area contributed by atoms with Crippen molar-refractivity contribution >= 4 is 0 Å². The highest BCUT2D eigenvalue weighted by atomic mass is 15.1. The molecule has 0 radical (unpaired) electrons. The van der Waals surface area contributed by atoms with Crippen LogP contribution in [0.1, 0.15) is 31.7 Å². The predicted octanol–water partition coefficient (Wildman–Crippen LogP) is 2.65. The van der Waals surface area contributed by atoms with Crippen LogP contribution in [0.5, 0.6) is 0 Å². The summed E-state index contributed by atoms with van der Waals surface area (Å²) in [7, 11) is 2.22. The summed E-state index contributed by atoms with van der Waals surface area (Å²) in [4.78, 5) is 2.43. The molecule has 1 aromatic rings. The monoisotopic (exact) mass is 232 g/mol. The SMILES string of the molecule is CC(CCNC1CC1)N(C)Cc1ccccc1. The van der Waals surface area contributed by atoms with Gasteiger partial charge in [-0.3, -0.25) is 4.90 Å². The third-order valence-electron chi connectivity index (χ3n) is 3.60. The summed E-state index contributed by atoms with van der Waals surface area (Å²) in [6.45, 7) is 4.52. The normalized spacial score (nSPS) is 17.4. The standard InChI is InChI=1S/C15H24N2/c1-13(10-11-16-15-8-9-15)17(2)12-14-6-4-3-5-7-14/h3-7,13,15-16H,8-12H2,1-2H3. The topological polar surface area (TPSA) is 15.3 Å². The Labute approximate surface area is 105 Å². The highest BCUT2D eigenvalue weighted by molar-refractivity contribution is 5.14. The fourth-order valence-corrected chi connectivity index (χ4v) is 2.03. The van der Waals surface area contributed by atoms with Gasteiger partial charge in [0.15, 0.2) is 0 Å². The molecule has 0 heterocycles. The van der Waals surface area contributed by atoms with Crippen molar-refractivity contribution in [2.75, 3.05) is 13.6 Å². The summed E-state index contributed by atoms with van der Waals surface area (Å²) in [5, 5.41) is 3.58. The van der Waals surface area contributed by atoms with E-state index < -0.39 is 0 Å². The van der Waals surface area contributed by atoms with Crippen molar-refractivity contribution in [2.45, 2.75) is 44.8 Å². The van der Waals surface area contributed by atoms with Crippen molar-refractivity contribution in [3.05, 3.63) is 35.9 Å². The molecule has 0 bridgehead atoms. The first-order chi connectivity index (χ1) is 8.25. The minimum absolute atomic E-state index is 0.640. The number of nitrogens with one attached hydrogen (secondary N) is 1. The molecule has 94 valence electrons. The second-order valence-corrected chi connectivity index (χ2v) is 5.27. The molecule has 0 saturated heterocycles. The lowest BCUT2D eigenvalue weighted by atomic mass is 10.1. The fourth-order valence-electron chi connectivity index (χ4n) is 2.03. The van der Waals surface area contributed by atoms with Crippen LogP contribution < -0.4 is 5.32 Å². The summed E-state index contributed by atoms with van der Waals surface area (Å²) < 4.78 is 0. The highest BCUT2D eigenvalue weighted by Crippen LogP contribution is 2.18. The van der Waals surface area contributed by atoms with Crippen molar-refractivity contribution in [3.63, 3.8) is 0 Å². The van der Waals surface area contributed by atoms with Gasteiger partial charge in [0.25, 0.3) is 0 Å². The zero-order valence-corrected chi connectivity index (χ0v) is 11.0. The van der Waals surface area contributed by atoms with Gasteiger partial charge in [0.05, 0.1) is 0 Å². The van der Waals surface area contributed by atoms with Gasteiger partial charge in [0.1, 0.15) is 0 Å². The van der Waals surface area contributed by atoms with Crippen molar-refractivity contribution in [1.29, 1.82) is 0 Å². The van der Waals surface area contributed by atoms with Gasteiger partial charge in [-0.25, -0.2) is 0 Å². The van der Waals surface area contributed by atoms with Crippen LogP contribution in [0.25, 0.3) is 0 Å². The van der Waals surface area contributed by atoms with Gasteiger partial charge in [0.2, 0.25) is 0 Å². The van der Waals surface area contributed by atoms with Crippen LogP contribution in [0.2, 0.25) is 0 Å². The molecule has 0 spiro atoms. The Morgan fingerprint density at radius 2 is 2.00 bits per heavy atom. The van der Waals surface area contributed by atoms with E-state index in [4.69, 9.17) is 0 Å². The Kier molecular flexibility index (Phi) is 4.57. The maximum atomic E-state index is 3.58. The molecular weight excluding hydrogens is 208 g/mol. The van der Waals surface area contributed by atoms with Crippen LogP contribution in [-0.4, -0.2) is 30.6 Å². The van der Waals surface area contributed by atoms with Gasteiger partial charge >= 0.3 is 0 Å². The van der Waals surface area contributed by atoms with Crippen LogP contribution >= 0.6 is 0 Å². The molecule has 1 saturated carbocycles. The van der Waals surface area contributed by atoms with Crippen LogP contribution in [-0.2, 0) is 6.54 Å². The Hall–Kier alpha value is -0.860. The van der Waals surface area contributed by atoms with E-state index in [9.17, 15) is 0 Å². The molecule has 1 fully saturated rings. The lowest BCUT2D eigenvalue weighted by Crippen LogP contribution is -2.32. The predicted molar refractivity (Wildman–Crippen MR) is 73.0 cm³/mol. The molecule has 2 nitrogen and oxygen atoms in total. The molecule has 1 atom stereocenters. The van der Waals surface area contributed by atoms with Gasteiger partial charge in [-0.05, 0) is 45.3 Å². The molecule has 0 amide bonds. The first-order valence-corrected chi connectivity index (χ1v) is 6.73. The van der Waals surface area contributed by atoms with Crippen molar-refractivity contribution in [2.24, 2.45) is 0 Å². The molecule has 0 aliphatic heterocycles. The van der Waals surface area contributed by atoms with Crippen molar-refractivity contribution in [3.8, 4) is 0 Å². The summed E-state index contributed by atoms with van der Waals surface area (Å²) in [6.07, 6.45) is 4.00. The molecule has 1 aliphatic carbocycles. The lowest BCUT2D eigenvalue weighted by molar-refractivity contribution is 0.236. The van der Waals surface area contributed by atoms with Gasteiger partial charge in [-0.2, -0.15) is 0 Å². The van der Waals surface area contributed by atoms with E-state index >= 15 is 0 Å². The largest absolute Gasteiger partial charge is 0.314 e. The first-order valence-electron chi connectivity index (χ1n) is 6.73. The molecular formula is C15H24N2. The summed E-state index contributed by atoms with van der Waals surface area (Å²) >= 11 is 0.